The molecule has 0 amide bonds. The summed E-state index contributed by atoms with van der Waals surface area (Å²) in [6, 6.07) is 2.40. The van der Waals surface area contributed by atoms with Crippen LogP contribution in [0.5, 0.6) is 0 Å². The van der Waals surface area contributed by atoms with Crippen LogP contribution in [0, 0.1) is 0 Å². The predicted molar refractivity (Wildman–Crippen MR) is 80.5 cm³/mol. The maximum atomic E-state index is 11.4. The van der Waals surface area contributed by atoms with Crippen molar-refractivity contribution in [1.29, 1.82) is 0 Å². The molecular formula is C12H21N3O2S2. The second kappa shape index (κ2) is 6.65. The highest BCUT2D eigenvalue weighted by Crippen LogP contribution is 2.19. The number of thioether (sulfide) groups is 1. The zero-order valence-electron chi connectivity index (χ0n) is 11.2. The van der Waals surface area contributed by atoms with E-state index in [-0.39, 0.29) is 11.5 Å². The Bertz CT molecular complexity index is 493. The van der Waals surface area contributed by atoms with E-state index in [4.69, 9.17) is 0 Å². The van der Waals surface area contributed by atoms with Crippen LogP contribution < -0.4 is 5.32 Å². The molecule has 1 atom stereocenters. The quantitative estimate of drug-likeness (QED) is 0.865. The van der Waals surface area contributed by atoms with Gasteiger partial charge < -0.3 is 5.32 Å². The van der Waals surface area contributed by atoms with Crippen LogP contribution in [-0.2, 0) is 16.4 Å². The second-order valence-electron chi connectivity index (χ2n) is 4.76. The zero-order valence-corrected chi connectivity index (χ0v) is 12.8. The lowest BCUT2D eigenvalue weighted by Crippen LogP contribution is -2.26. The molecule has 0 aromatic carbocycles. The summed E-state index contributed by atoms with van der Waals surface area (Å²) in [6.45, 7) is 2.10. The molecule has 0 saturated carbocycles. The van der Waals surface area contributed by atoms with Gasteiger partial charge in [-0.25, -0.2) is 8.42 Å². The van der Waals surface area contributed by atoms with Gasteiger partial charge in [-0.15, -0.1) is 0 Å². The number of hydrogen-bond donors (Lipinski definition) is 1. The molecule has 0 radical (unpaired) electrons. The minimum absolute atomic E-state index is 0.157. The molecule has 0 aliphatic carbocycles. The maximum Gasteiger partial charge on any atom is 0.151 e. The first-order valence-corrected chi connectivity index (χ1v) is 9.65. The molecule has 1 aromatic heterocycles. The van der Waals surface area contributed by atoms with Crippen LogP contribution in [0.15, 0.2) is 12.3 Å². The number of nitrogens with one attached hydrogen (secondary N) is 1. The van der Waals surface area contributed by atoms with Gasteiger partial charge in [0.05, 0.1) is 12.3 Å². The molecule has 0 bridgehead atoms. The Kier molecular flexibility index (Phi) is 5.15. The van der Waals surface area contributed by atoms with E-state index < -0.39 is 9.84 Å². The Hall–Kier alpha value is -0.690. The molecule has 1 aliphatic heterocycles. The number of anilines is 1. The van der Waals surface area contributed by atoms with Gasteiger partial charge in [-0.2, -0.15) is 16.9 Å². The third-order valence-corrected chi connectivity index (χ3v) is 6.12. The number of aryl methyl sites for hydroxylation is 1. The molecule has 0 spiro atoms. The molecule has 1 aliphatic rings. The Balaban J connectivity index is 1.84. The molecule has 1 saturated heterocycles. The van der Waals surface area contributed by atoms with Gasteiger partial charge >= 0.3 is 0 Å². The molecular weight excluding hydrogens is 282 g/mol. The fourth-order valence-corrected chi connectivity index (χ4v) is 3.83. The van der Waals surface area contributed by atoms with Crippen molar-refractivity contribution in [3.05, 3.63) is 12.3 Å². The highest BCUT2D eigenvalue weighted by Gasteiger charge is 2.14. The summed E-state index contributed by atoms with van der Waals surface area (Å²) in [4.78, 5) is 0. The summed E-state index contributed by atoms with van der Waals surface area (Å²) < 4.78 is 24.6. The van der Waals surface area contributed by atoms with Gasteiger partial charge in [-0.1, -0.05) is 6.92 Å². The van der Waals surface area contributed by atoms with Crippen molar-refractivity contribution in [2.75, 3.05) is 28.3 Å². The number of sulfone groups is 1. The Morgan fingerprint density at radius 2 is 2.42 bits per heavy atom. The molecule has 1 N–H and O–H groups in total. The van der Waals surface area contributed by atoms with Crippen LogP contribution in [0.2, 0.25) is 0 Å². The minimum atomic E-state index is -2.92. The van der Waals surface area contributed by atoms with Crippen molar-refractivity contribution in [1.82, 2.24) is 9.78 Å². The molecule has 5 nitrogen and oxygen atoms in total. The highest BCUT2D eigenvalue weighted by atomic mass is 32.2. The van der Waals surface area contributed by atoms with E-state index in [1.165, 1.54) is 18.6 Å². The van der Waals surface area contributed by atoms with Gasteiger partial charge in [0.25, 0.3) is 0 Å². The third kappa shape index (κ3) is 4.72. The van der Waals surface area contributed by atoms with Crippen molar-refractivity contribution in [2.24, 2.45) is 0 Å². The number of hydrogen-bond acceptors (Lipinski definition) is 5. The van der Waals surface area contributed by atoms with Crippen molar-refractivity contribution >= 4 is 27.4 Å². The molecule has 1 aromatic rings. The normalized spacial score (nSPS) is 20.4. The molecule has 19 heavy (non-hydrogen) atoms. The van der Waals surface area contributed by atoms with E-state index in [9.17, 15) is 8.42 Å². The zero-order chi connectivity index (χ0) is 13.7. The van der Waals surface area contributed by atoms with Gasteiger partial charge in [-0.05, 0) is 18.6 Å². The largest absolute Gasteiger partial charge is 0.365 e. The molecule has 7 heteroatoms. The summed E-state index contributed by atoms with van der Waals surface area (Å²) in [5.41, 5.74) is 0. The fraction of sp³-hybridized carbons (Fsp3) is 0.750. The third-order valence-electron chi connectivity index (χ3n) is 3.22. The number of rotatable bonds is 6. The summed E-state index contributed by atoms with van der Waals surface area (Å²) >= 11 is 1.97. The Labute approximate surface area is 119 Å². The Morgan fingerprint density at radius 3 is 3.11 bits per heavy atom. The van der Waals surface area contributed by atoms with Crippen LogP contribution in [0.25, 0.3) is 0 Å². The van der Waals surface area contributed by atoms with Crippen LogP contribution in [0.3, 0.4) is 0 Å². The van der Waals surface area contributed by atoms with E-state index in [0.717, 1.165) is 11.6 Å². The molecule has 2 rings (SSSR count). The standard InChI is InChI=1S/C12H21N3O2S2/c1-2-19(16,17)9-7-15-6-5-12(14-15)13-11-4-3-8-18-10-11/h5-6,11H,2-4,7-10H2,1H3,(H,13,14)/t11-/m0/s1. The number of nitrogens with zero attached hydrogens (tertiary/aromatic N) is 2. The second-order valence-corrected chi connectivity index (χ2v) is 8.38. The molecule has 2 heterocycles. The van der Waals surface area contributed by atoms with E-state index in [0.29, 0.717) is 12.6 Å². The van der Waals surface area contributed by atoms with Gasteiger partial charge in [0.15, 0.2) is 9.84 Å². The highest BCUT2D eigenvalue weighted by molar-refractivity contribution is 7.99. The monoisotopic (exact) mass is 303 g/mol. The van der Waals surface area contributed by atoms with Crippen LogP contribution >= 0.6 is 11.8 Å². The maximum absolute atomic E-state index is 11.4. The summed E-state index contributed by atoms with van der Waals surface area (Å²) in [5, 5.41) is 7.78. The first kappa shape index (κ1) is 14.7. The lowest BCUT2D eigenvalue weighted by molar-refractivity contribution is 0.581. The first-order chi connectivity index (χ1) is 9.09. The summed E-state index contributed by atoms with van der Waals surface area (Å²) in [5.74, 6) is 3.57. The van der Waals surface area contributed by atoms with Crippen molar-refractivity contribution in [3.8, 4) is 0 Å². The predicted octanol–water partition coefficient (Wildman–Crippen LogP) is 1.63. The minimum Gasteiger partial charge on any atom is -0.365 e. The summed E-state index contributed by atoms with van der Waals surface area (Å²) in [6.07, 6.45) is 4.27. The van der Waals surface area contributed by atoms with Crippen molar-refractivity contribution in [3.63, 3.8) is 0 Å². The van der Waals surface area contributed by atoms with Crippen LogP contribution in [0.1, 0.15) is 19.8 Å². The van der Waals surface area contributed by atoms with E-state index >= 15 is 0 Å². The SMILES string of the molecule is CCS(=O)(=O)CCn1ccc(N[C@H]2CCCSC2)n1. The average Bonchev–Trinajstić information content (AvgIpc) is 2.86. The smallest absolute Gasteiger partial charge is 0.151 e. The summed E-state index contributed by atoms with van der Waals surface area (Å²) in [7, 11) is -2.92. The van der Waals surface area contributed by atoms with Crippen LogP contribution in [0.4, 0.5) is 5.82 Å². The topological polar surface area (TPSA) is 64.0 Å². The lowest BCUT2D eigenvalue weighted by atomic mass is 10.2. The number of aromatic nitrogens is 2. The Morgan fingerprint density at radius 1 is 1.58 bits per heavy atom. The van der Waals surface area contributed by atoms with Gasteiger partial charge in [0.2, 0.25) is 0 Å². The van der Waals surface area contributed by atoms with Crippen molar-refractivity contribution < 1.29 is 8.42 Å². The molecule has 108 valence electrons. The average molecular weight is 303 g/mol. The molecule has 1 fully saturated rings. The fourth-order valence-electron chi connectivity index (χ4n) is 2.00. The van der Waals surface area contributed by atoms with E-state index in [1.807, 2.05) is 24.0 Å². The van der Waals surface area contributed by atoms with Gasteiger partial charge in [-0.3, -0.25) is 4.68 Å². The van der Waals surface area contributed by atoms with E-state index in [2.05, 4.69) is 10.4 Å². The van der Waals surface area contributed by atoms with Crippen molar-refractivity contribution in [2.45, 2.75) is 32.4 Å². The molecule has 0 unspecified atom stereocenters. The van der Waals surface area contributed by atoms with E-state index in [1.54, 1.807) is 11.6 Å². The lowest BCUT2D eigenvalue weighted by Gasteiger charge is -2.22. The van der Waals surface area contributed by atoms with Gasteiger partial charge in [0, 0.05) is 29.8 Å². The first-order valence-electron chi connectivity index (χ1n) is 6.67. The van der Waals surface area contributed by atoms with Gasteiger partial charge in [0.1, 0.15) is 5.82 Å². The van der Waals surface area contributed by atoms with Crippen LogP contribution in [-0.4, -0.2) is 47.3 Å².